The molecule has 1 aromatic heterocycles. The predicted molar refractivity (Wildman–Crippen MR) is 129 cm³/mol. The number of likely N-dealkylation sites (N-methyl/N-ethyl adjacent to an activating group) is 1. The molecule has 0 spiro atoms. The second-order valence-electron chi connectivity index (χ2n) is 7.41. The number of carbonyl (C=O) groups excluding carboxylic acids is 1. The molecule has 0 saturated heterocycles. The smallest absolute Gasteiger partial charge is 0.136 e. The standard InChI is InChI=1S/C19H36N4O7.C2H6.CH5N/c1-20-19(10-28)3-2-18-5-23(22-21-18)4-15(11-29-13-16(6-24)7-25)12-30-14-17(8-26)9-27;2*1-2/h5,10,15-17,19-20,24-27H,2-4,6-9,11-14H2,1H3;1-2H3;2H2,1H3. The van der Waals surface area contributed by atoms with Crippen LogP contribution < -0.4 is 11.1 Å². The van der Waals surface area contributed by atoms with Gasteiger partial charge < -0.3 is 45.7 Å². The third kappa shape index (κ3) is 16.2. The lowest BCUT2D eigenvalue weighted by Crippen LogP contribution is -2.27. The van der Waals surface area contributed by atoms with Gasteiger partial charge in [0.1, 0.15) is 6.29 Å². The molecule has 1 atom stereocenters. The molecule has 1 heterocycles. The summed E-state index contributed by atoms with van der Waals surface area (Å²) in [5, 5.41) is 47.8. The van der Waals surface area contributed by atoms with E-state index < -0.39 is 0 Å². The van der Waals surface area contributed by atoms with Gasteiger partial charge >= 0.3 is 0 Å². The largest absolute Gasteiger partial charge is 0.396 e. The van der Waals surface area contributed by atoms with E-state index >= 15 is 0 Å². The van der Waals surface area contributed by atoms with Crippen molar-refractivity contribution in [1.82, 2.24) is 20.3 Å². The highest BCUT2D eigenvalue weighted by Gasteiger charge is 2.16. The summed E-state index contributed by atoms with van der Waals surface area (Å²) in [7, 11) is 3.23. The van der Waals surface area contributed by atoms with Crippen LogP contribution in [-0.4, -0.2) is 115 Å². The van der Waals surface area contributed by atoms with Gasteiger partial charge in [-0.3, -0.25) is 4.68 Å². The van der Waals surface area contributed by atoms with Crippen molar-refractivity contribution in [2.75, 3.05) is 67.0 Å². The summed E-state index contributed by atoms with van der Waals surface area (Å²) in [6.45, 7) is 4.92. The molecule has 34 heavy (non-hydrogen) atoms. The number of aromatic nitrogens is 3. The molecule has 1 unspecified atom stereocenters. The fraction of sp³-hybridized carbons (Fsp3) is 0.864. The molecule has 0 fully saturated rings. The highest BCUT2D eigenvalue weighted by atomic mass is 16.5. The molecule has 0 bridgehead atoms. The number of aliphatic hydroxyl groups excluding tert-OH is 4. The van der Waals surface area contributed by atoms with Crippen molar-refractivity contribution >= 4 is 6.29 Å². The van der Waals surface area contributed by atoms with Crippen LogP contribution in [0, 0.1) is 17.8 Å². The predicted octanol–water partition coefficient (Wildman–Crippen LogP) is -1.55. The van der Waals surface area contributed by atoms with Crippen LogP contribution in [0.5, 0.6) is 0 Å². The van der Waals surface area contributed by atoms with E-state index in [0.717, 1.165) is 12.0 Å². The Morgan fingerprint density at radius 3 is 1.85 bits per heavy atom. The summed E-state index contributed by atoms with van der Waals surface area (Å²) in [5.74, 6) is -0.762. The lowest BCUT2D eigenvalue weighted by atomic mass is 10.1. The van der Waals surface area contributed by atoms with Gasteiger partial charge in [-0.1, -0.05) is 19.1 Å². The van der Waals surface area contributed by atoms with Crippen molar-refractivity contribution in [2.24, 2.45) is 23.5 Å². The zero-order valence-electron chi connectivity index (χ0n) is 21.2. The normalized spacial score (nSPS) is 11.8. The summed E-state index contributed by atoms with van der Waals surface area (Å²) in [6, 6.07) is -0.221. The number of aliphatic hydroxyl groups is 4. The topological polar surface area (TPSA) is 185 Å². The third-order valence-corrected chi connectivity index (χ3v) is 4.72. The van der Waals surface area contributed by atoms with E-state index in [4.69, 9.17) is 29.9 Å². The fourth-order valence-corrected chi connectivity index (χ4v) is 2.67. The first-order valence-electron chi connectivity index (χ1n) is 11.8. The van der Waals surface area contributed by atoms with Gasteiger partial charge in [-0.2, -0.15) is 0 Å². The lowest BCUT2D eigenvalue weighted by Gasteiger charge is -2.20. The molecular weight excluding hydrogens is 446 g/mol. The highest BCUT2D eigenvalue weighted by molar-refractivity contribution is 5.57. The van der Waals surface area contributed by atoms with Gasteiger partial charge in [-0.15, -0.1) is 5.10 Å². The molecule has 7 N–H and O–H groups in total. The molecule has 0 aromatic carbocycles. The summed E-state index contributed by atoms with van der Waals surface area (Å²) < 4.78 is 12.9. The molecule has 0 aliphatic heterocycles. The van der Waals surface area contributed by atoms with Crippen LogP contribution in [0.3, 0.4) is 0 Å². The van der Waals surface area contributed by atoms with E-state index in [1.165, 1.54) is 7.05 Å². The second-order valence-corrected chi connectivity index (χ2v) is 7.41. The maximum atomic E-state index is 10.9. The second kappa shape index (κ2) is 24.6. The van der Waals surface area contributed by atoms with Gasteiger partial charge in [0.25, 0.3) is 0 Å². The summed E-state index contributed by atoms with van der Waals surface area (Å²) >= 11 is 0. The summed E-state index contributed by atoms with van der Waals surface area (Å²) in [4.78, 5) is 10.9. The number of hydrogen-bond donors (Lipinski definition) is 6. The number of nitrogens with two attached hydrogens (primary N) is 1. The number of ether oxygens (including phenoxy) is 2. The van der Waals surface area contributed by atoms with Crippen LogP contribution in [0.25, 0.3) is 0 Å². The zero-order chi connectivity index (χ0) is 26.2. The Balaban J connectivity index is 0. The van der Waals surface area contributed by atoms with Crippen molar-refractivity contribution in [3.63, 3.8) is 0 Å². The van der Waals surface area contributed by atoms with Crippen LogP contribution in [0.1, 0.15) is 26.0 Å². The van der Waals surface area contributed by atoms with Crippen LogP contribution in [-0.2, 0) is 27.2 Å². The Morgan fingerprint density at radius 1 is 0.971 bits per heavy atom. The van der Waals surface area contributed by atoms with Crippen LogP contribution in [0.4, 0.5) is 0 Å². The molecule has 0 radical (unpaired) electrons. The average Bonchev–Trinajstić information content (AvgIpc) is 3.34. The summed E-state index contributed by atoms with van der Waals surface area (Å²) in [6.07, 6.45) is 3.93. The van der Waals surface area contributed by atoms with E-state index in [2.05, 4.69) is 21.4 Å². The Kier molecular flexibility index (Phi) is 25.1. The Labute approximate surface area is 203 Å². The van der Waals surface area contributed by atoms with Crippen molar-refractivity contribution < 1.29 is 34.7 Å². The Hall–Kier alpha value is -1.51. The quantitative estimate of drug-likeness (QED) is 0.123. The van der Waals surface area contributed by atoms with Gasteiger partial charge in [0, 0.05) is 30.5 Å². The lowest BCUT2D eigenvalue weighted by molar-refractivity contribution is -0.109. The van der Waals surface area contributed by atoms with E-state index in [0.29, 0.717) is 32.6 Å². The van der Waals surface area contributed by atoms with Crippen LogP contribution in [0.15, 0.2) is 6.20 Å². The maximum Gasteiger partial charge on any atom is 0.136 e. The van der Waals surface area contributed by atoms with Gasteiger partial charge in [0.15, 0.2) is 0 Å². The minimum absolute atomic E-state index is 0.0874. The van der Waals surface area contributed by atoms with Crippen molar-refractivity contribution in [3.05, 3.63) is 11.9 Å². The highest BCUT2D eigenvalue weighted by Crippen LogP contribution is 2.08. The zero-order valence-corrected chi connectivity index (χ0v) is 21.2. The molecule has 0 amide bonds. The minimum atomic E-state index is -0.337. The first-order valence-corrected chi connectivity index (χ1v) is 11.8. The Bertz CT molecular complexity index is 540. The molecule has 12 heteroatoms. The molecule has 0 saturated carbocycles. The van der Waals surface area contributed by atoms with Crippen LogP contribution >= 0.6 is 0 Å². The number of carbonyl (C=O) groups is 1. The van der Waals surface area contributed by atoms with Gasteiger partial charge in [-0.25, -0.2) is 0 Å². The Morgan fingerprint density at radius 2 is 1.44 bits per heavy atom. The summed E-state index contributed by atoms with van der Waals surface area (Å²) in [5.41, 5.74) is 5.28. The molecular formula is C22H47N5O7. The first-order chi connectivity index (χ1) is 16.6. The van der Waals surface area contributed by atoms with Crippen molar-refractivity contribution in [2.45, 2.75) is 39.3 Å². The molecule has 0 aliphatic rings. The number of aryl methyl sites for hydroxylation is 1. The average molecular weight is 494 g/mol. The van der Waals surface area contributed by atoms with Gasteiger partial charge in [0.05, 0.1) is 64.6 Å². The molecule has 202 valence electrons. The molecule has 0 aliphatic carbocycles. The first kappa shape index (κ1) is 34.7. The molecule has 12 nitrogen and oxygen atoms in total. The molecule has 1 aromatic rings. The van der Waals surface area contributed by atoms with Gasteiger partial charge in [0.2, 0.25) is 0 Å². The van der Waals surface area contributed by atoms with E-state index in [1.54, 1.807) is 11.7 Å². The van der Waals surface area contributed by atoms with E-state index in [9.17, 15) is 4.79 Å². The number of aldehydes is 1. The number of hydrogen-bond acceptors (Lipinski definition) is 11. The maximum absolute atomic E-state index is 10.9. The monoisotopic (exact) mass is 493 g/mol. The number of rotatable bonds is 19. The SMILES string of the molecule is CC.CN.CNC(C=O)CCc1cn(CC(COCC(CO)CO)COCC(CO)CO)nn1. The van der Waals surface area contributed by atoms with E-state index in [-0.39, 0.29) is 63.4 Å². The van der Waals surface area contributed by atoms with E-state index in [1.807, 2.05) is 20.0 Å². The van der Waals surface area contributed by atoms with Crippen LogP contribution in [0.2, 0.25) is 0 Å². The number of nitrogens with zero attached hydrogens (tertiary/aromatic N) is 3. The molecule has 1 rings (SSSR count). The third-order valence-electron chi connectivity index (χ3n) is 4.72. The minimum Gasteiger partial charge on any atom is -0.396 e. The van der Waals surface area contributed by atoms with Gasteiger partial charge in [-0.05, 0) is 26.9 Å². The van der Waals surface area contributed by atoms with Crippen molar-refractivity contribution in [3.8, 4) is 0 Å². The van der Waals surface area contributed by atoms with Crippen molar-refractivity contribution in [1.29, 1.82) is 0 Å². The number of nitrogens with one attached hydrogen (secondary N) is 1. The fourth-order valence-electron chi connectivity index (χ4n) is 2.67.